The zero-order valence-electron chi connectivity index (χ0n) is 6.86. The largest absolute Gasteiger partial charge is 0.459 e. The lowest BCUT2D eigenvalue weighted by Gasteiger charge is -2.06. The van der Waals surface area contributed by atoms with Crippen molar-refractivity contribution in [3.05, 3.63) is 37.0 Å². The van der Waals surface area contributed by atoms with Gasteiger partial charge in [0, 0.05) is 12.4 Å². The van der Waals surface area contributed by atoms with Crippen LogP contribution in [0.4, 0.5) is 0 Å². The van der Waals surface area contributed by atoms with Crippen LogP contribution in [0.5, 0.6) is 0 Å². The minimum absolute atomic E-state index is 0.328. The quantitative estimate of drug-likeness (QED) is 0.621. The average molecular weight is 164 g/mol. The standard InChI is InChI=1S/C9H10NO2/c1-7(2)12-9(11)8-3-5-10-6-4-8/h3-7H,1H2,2H3/t7-/m1/s1. The topological polar surface area (TPSA) is 39.2 Å². The molecule has 0 aliphatic rings. The Bertz CT molecular complexity index is 256. The van der Waals surface area contributed by atoms with E-state index in [9.17, 15) is 4.79 Å². The minimum Gasteiger partial charge on any atom is -0.459 e. The molecule has 0 N–H and O–H groups in total. The summed E-state index contributed by atoms with van der Waals surface area (Å²) in [6, 6.07) is 3.20. The first-order chi connectivity index (χ1) is 5.70. The maximum Gasteiger partial charge on any atom is 0.338 e. The van der Waals surface area contributed by atoms with Crippen molar-refractivity contribution < 1.29 is 9.53 Å². The minimum atomic E-state index is -0.361. The van der Waals surface area contributed by atoms with Crippen LogP contribution in [-0.2, 0) is 4.74 Å². The Labute approximate surface area is 71.4 Å². The van der Waals surface area contributed by atoms with Crippen LogP contribution < -0.4 is 0 Å². The highest BCUT2D eigenvalue weighted by atomic mass is 16.5. The number of aromatic nitrogens is 1. The van der Waals surface area contributed by atoms with Gasteiger partial charge in [0.05, 0.1) is 11.7 Å². The Hall–Kier alpha value is -1.38. The third-order valence-corrected chi connectivity index (χ3v) is 1.22. The maximum atomic E-state index is 11.2. The van der Waals surface area contributed by atoms with Gasteiger partial charge in [-0.2, -0.15) is 0 Å². The number of hydrogen-bond donors (Lipinski definition) is 0. The Morgan fingerprint density at radius 1 is 1.58 bits per heavy atom. The second-order valence-electron chi connectivity index (χ2n) is 2.45. The number of esters is 1. The van der Waals surface area contributed by atoms with Crippen molar-refractivity contribution in [3.63, 3.8) is 0 Å². The van der Waals surface area contributed by atoms with Gasteiger partial charge in [-0.1, -0.05) is 0 Å². The molecule has 0 aliphatic heterocycles. The summed E-state index contributed by atoms with van der Waals surface area (Å²) in [5.41, 5.74) is 0.500. The van der Waals surface area contributed by atoms with E-state index in [4.69, 9.17) is 4.74 Å². The van der Waals surface area contributed by atoms with Crippen LogP contribution in [0, 0.1) is 6.92 Å². The number of rotatable bonds is 2. The predicted molar refractivity (Wildman–Crippen MR) is 44.5 cm³/mol. The van der Waals surface area contributed by atoms with E-state index in [-0.39, 0.29) is 12.1 Å². The van der Waals surface area contributed by atoms with Crippen LogP contribution in [0.2, 0.25) is 0 Å². The molecule has 0 bridgehead atoms. The van der Waals surface area contributed by atoms with Crippen molar-refractivity contribution in [1.82, 2.24) is 4.98 Å². The Balaban J connectivity index is 2.66. The molecule has 0 saturated heterocycles. The third-order valence-electron chi connectivity index (χ3n) is 1.22. The predicted octanol–water partition coefficient (Wildman–Crippen LogP) is 1.46. The molecule has 0 aromatic carbocycles. The van der Waals surface area contributed by atoms with Gasteiger partial charge in [0.25, 0.3) is 0 Å². The summed E-state index contributed by atoms with van der Waals surface area (Å²) in [5.74, 6) is -0.361. The van der Waals surface area contributed by atoms with Crippen LogP contribution in [0.1, 0.15) is 17.3 Å². The zero-order valence-corrected chi connectivity index (χ0v) is 6.86. The lowest BCUT2D eigenvalue weighted by Crippen LogP contribution is -2.11. The molecule has 12 heavy (non-hydrogen) atoms. The Morgan fingerprint density at radius 3 is 2.67 bits per heavy atom. The molecule has 0 unspecified atom stereocenters. The summed E-state index contributed by atoms with van der Waals surface area (Å²) in [4.78, 5) is 14.9. The van der Waals surface area contributed by atoms with Crippen LogP contribution in [0.25, 0.3) is 0 Å². The molecule has 1 atom stereocenters. The average Bonchev–Trinajstić information content (AvgIpc) is 2.05. The van der Waals surface area contributed by atoms with E-state index in [0.717, 1.165) is 0 Å². The molecule has 1 aromatic rings. The molecule has 0 aliphatic carbocycles. The number of carbonyl (C=O) groups is 1. The molecule has 0 saturated carbocycles. The summed E-state index contributed by atoms with van der Waals surface area (Å²) in [6.45, 7) is 5.25. The number of ether oxygens (including phenoxy) is 1. The molecule has 1 heterocycles. The highest BCUT2D eigenvalue weighted by molar-refractivity contribution is 5.89. The molecular weight excluding hydrogens is 154 g/mol. The Kier molecular flexibility index (Phi) is 2.80. The van der Waals surface area contributed by atoms with Gasteiger partial charge in [-0.15, -0.1) is 0 Å². The van der Waals surface area contributed by atoms with Gasteiger partial charge in [-0.25, -0.2) is 4.79 Å². The van der Waals surface area contributed by atoms with E-state index in [1.54, 1.807) is 31.5 Å². The molecule has 1 aromatic heterocycles. The van der Waals surface area contributed by atoms with Gasteiger partial charge in [0.1, 0.15) is 0 Å². The second-order valence-corrected chi connectivity index (χ2v) is 2.45. The smallest absolute Gasteiger partial charge is 0.338 e. The van der Waals surface area contributed by atoms with E-state index in [1.807, 2.05) is 0 Å². The van der Waals surface area contributed by atoms with Gasteiger partial charge in [-0.05, 0) is 26.0 Å². The summed E-state index contributed by atoms with van der Waals surface area (Å²) >= 11 is 0. The SMILES string of the molecule is [CH2][C@H](C)OC(=O)c1ccncc1. The lowest BCUT2D eigenvalue weighted by atomic mass is 10.3. The molecule has 63 valence electrons. The van der Waals surface area contributed by atoms with Gasteiger partial charge in [-0.3, -0.25) is 4.98 Å². The molecule has 3 nitrogen and oxygen atoms in total. The molecule has 3 heteroatoms. The zero-order chi connectivity index (χ0) is 8.97. The van der Waals surface area contributed by atoms with Crippen LogP contribution in [-0.4, -0.2) is 17.1 Å². The van der Waals surface area contributed by atoms with E-state index < -0.39 is 0 Å². The normalized spacial score (nSPS) is 9.92. The lowest BCUT2D eigenvalue weighted by molar-refractivity contribution is 0.0420. The molecule has 0 fully saturated rings. The van der Waals surface area contributed by atoms with Gasteiger partial charge in [0.15, 0.2) is 0 Å². The molecule has 1 rings (SSSR count). The second kappa shape index (κ2) is 3.85. The molecule has 0 spiro atoms. The number of hydrogen-bond acceptors (Lipinski definition) is 3. The van der Waals surface area contributed by atoms with Crippen LogP contribution in [0.3, 0.4) is 0 Å². The highest BCUT2D eigenvalue weighted by Gasteiger charge is 2.07. The van der Waals surface area contributed by atoms with Crippen LogP contribution >= 0.6 is 0 Å². The first-order valence-electron chi connectivity index (χ1n) is 3.64. The summed E-state index contributed by atoms with van der Waals surface area (Å²) < 4.78 is 4.86. The van der Waals surface area contributed by atoms with E-state index in [1.165, 1.54) is 0 Å². The van der Waals surface area contributed by atoms with E-state index in [0.29, 0.717) is 5.56 Å². The third kappa shape index (κ3) is 2.34. The highest BCUT2D eigenvalue weighted by Crippen LogP contribution is 2.01. The summed E-state index contributed by atoms with van der Waals surface area (Å²) in [5, 5.41) is 0. The fourth-order valence-electron chi connectivity index (χ4n) is 0.739. The Morgan fingerprint density at radius 2 is 2.17 bits per heavy atom. The fraction of sp³-hybridized carbons (Fsp3) is 0.222. The summed E-state index contributed by atoms with van der Waals surface area (Å²) in [7, 11) is 0. The molecular formula is C9H10NO2. The first kappa shape index (κ1) is 8.71. The van der Waals surface area contributed by atoms with Crippen molar-refractivity contribution in [2.75, 3.05) is 0 Å². The summed E-state index contributed by atoms with van der Waals surface area (Å²) in [6.07, 6.45) is 2.76. The first-order valence-corrected chi connectivity index (χ1v) is 3.64. The van der Waals surface area contributed by atoms with Gasteiger partial charge in [0.2, 0.25) is 0 Å². The maximum absolute atomic E-state index is 11.2. The van der Waals surface area contributed by atoms with Gasteiger partial charge < -0.3 is 4.74 Å². The van der Waals surface area contributed by atoms with Crippen molar-refractivity contribution in [1.29, 1.82) is 0 Å². The van der Waals surface area contributed by atoms with E-state index in [2.05, 4.69) is 11.9 Å². The molecule has 1 radical (unpaired) electrons. The number of carbonyl (C=O) groups excluding carboxylic acids is 1. The van der Waals surface area contributed by atoms with Crippen molar-refractivity contribution in [2.45, 2.75) is 13.0 Å². The van der Waals surface area contributed by atoms with Crippen LogP contribution in [0.15, 0.2) is 24.5 Å². The van der Waals surface area contributed by atoms with Crippen molar-refractivity contribution in [2.24, 2.45) is 0 Å². The number of pyridine rings is 1. The van der Waals surface area contributed by atoms with Gasteiger partial charge >= 0.3 is 5.97 Å². The van der Waals surface area contributed by atoms with E-state index >= 15 is 0 Å². The molecule has 0 amide bonds. The fourth-order valence-corrected chi connectivity index (χ4v) is 0.739. The number of nitrogens with zero attached hydrogens (tertiary/aromatic N) is 1. The monoisotopic (exact) mass is 164 g/mol. The van der Waals surface area contributed by atoms with Crippen molar-refractivity contribution >= 4 is 5.97 Å². The van der Waals surface area contributed by atoms with Crippen molar-refractivity contribution in [3.8, 4) is 0 Å².